The predicted molar refractivity (Wildman–Crippen MR) is 61.6 cm³/mol. The van der Waals surface area contributed by atoms with E-state index in [-0.39, 0.29) is 24.4 Å². The molecule has 0 aromatic heterocycles. The van der Waals surface area contributed by atoms with E-state index < -0.39 is 0 Å². The van der Waals surface area contributed by atoms with Crippen LogP contribution in [0.4, 0.5) is 0 Å². The quantitative estimate of drug-likeness (QED) is 0.493. The minimum atomic E-state index is -0.319. The van der Waals surface area contributed by atoms with Crippen LogP contribution in [0, 0.1) is 3.57 Å². The van der Waals surface area contributed by atoms with Crippen molar-refractivity contribution in [3.8, 4) is 0 Å². The second-order valence-electron chi connectivity index (χ2n) is 3.05. The maximum absolute atomic E-state index is 11.1. The molecule has 5 heteroatoms. The Bertz CT molecular complexity index is 316. The number of hydrogen-bond donors (Lipinski definition) is 1. The molecule has 0 spiro atoms. The van der Waals surface area contributed by atoms with Crippen molar-refractivity contribution < 1.29 is 27.7 Å². The summed E-state index contributed by atoms with van der Waals surface area (Å²) in [6.07, 6.45) is 0.629. The molecule has 0 radical (unpaired) electrons. The molecule has 0 saturated heterocycles. The molecular formula is C10H13ClINO2. The third kappa shape index (κ3) is 4.81. The zero-order valence-corrected chi connectivity index (χ0v) is 11.3. The van der Waals surface area contributed by atoms with Crippen molar-refractivity contribution in [2.45, 2.75) is 12.5 Å². The molecular weight excluding hydrogens is 328 g/mol. The number of carbonyl (C=O) groups excluding carboxylic acids is 1. The topological polar surface area (TPSA) is 53.9 Å². The highest BCUT2D eigenvalue weighted by molar-refractivity contribution is 14.1. The lowest BCUT2D eigenvalue weighted by Gasteiger charge is -2.05. The third-order valence-corrected chi connectivity index (χ3v) is 2.65. The minimum Gasteiger partial charge on any atom is -1.00 e. The van der Waals surface area contributed by atoms with E-state index in [1.54, 1.807) is 0 Å². The molecule has 1 aromatic carbocycles. The predicted octanol–water partition coefficient (Wildman–Crippen LogP) is -2.38. The fourth-order valence-corrected chi connectivity index (χ4v) is 1.51. The second kappa shape index (κ2) is 7.03. The van der Waals surface area contributed by atoms with Crippen LogP contribution in [0.2, 0.25) is 0 Å². The van der Waals surface area contributed by atoms with E-state index in [1.807, 2.05) is 24.3 Å². The average Bonchev–Trinajstić information content (AvgIpc) is 2.20. The number of methoxy groups -OCH3 is 1. The van der Waals surface area contributed by atoms with Crippen LogP contribution >= 0.6 is 22.6 Å². The van der Waals surface area contributed by atoms with Gasteiger partial charge in [-0.25, -0.2) is 4.79 Å². The van der Waals surface area contributed by atoms with Crippen LogP contribution in [0.25, 0.3) is 0 Å². The number of rotatable bonds is 3. The van der Waals surface area contributed by atoms with Crippen LogP contribution in [-0.2, 0) is 16.0 Å². The Hall–Kier alpha value is -0.330. The molecule has 84 valence electrons. The lowest BCUT2D eigenvalue weighted by atomic mass is 10.1. The van der Waals surface area contributed by atoms with Gasteiger partial charge in [0, 0.05) is 9.99 Å². The molecule has 0 saturated carbocycles. The molecule has 0 aliphatic heterocycles. The Morgan fingerprint density at radius 2 is 2.00 bits per heavy atom. The number of quaternary nitrogens is 1. The largest absolute Gasteiger partial charge is 1.00 e. The molecule has 0 heterocycles. The molecule has 3 N–H and O–H groups in total. The highest BCUT2D eigenvalue weighted by Gasteiger charge is 2.17. The van der Waals surface area contributed by atoms with Crippen LogP contribution in [-0.4, -0.2) is 19.1 Å². The summed E-state index contributed by atoms with van der Waals surface area (Å²) in [7, 11) is 1.38. The SMILES string of the molecule is COC(=O)[C@@H]([NH3+])Cc1ccc(I)cc1.[Cl-]. The van der Waals surface area contributed by atoms with Gasteiger partial charge < -0.3 is 22.9 Å². The van der Waals surface area contributed by atoms with Gasteiger partial charge in [0.1, 0.15) is 0 Å². The number of benzene rings is 1. The highest BCUT2D eigenvalue weighted by Crippen LogP contribution is 2.08. The monoisotopic (exact) mass is 341 g/mol. The summed E-state index contributed by atoms with van der Waals surface area (Å²) in [5.41, 5.74) is 4.86. The molecule has 1 rings (SSSR count). The van der Waals surface area contributed by atoms with E-state index in [9.17, 15) is 4.79 Å². The molecule has 3 nitrogen and oxygen atoms in total. The number of halogens is 2. The highest BCUT2D eigenvalue weighted by atomic mass is 127. The normalized spacial score (nSPS) is 11.4. The maximum Gasteiger partial charge on any atom is 0.364 e. The number of ether oxygens (including phenoxy) is 1. The second-order valence-corrected chi connectivity index (χ2v) is 4.30. The van der Waals surface area contributed by atoms with Gasteiger partial charge >= 0.3 is 5.97 Å². The standard InChI is InChI=1S/C10H12INO2.ClH/c1-14-10(13)9(12)6-7-2-4-8(11)5-3-7;/h2-5,9H,6,12H2,1H3;1H/t9-;/m0./s1. The fourth-order valence-electron chi connectivity index (χ4n) is 1.16. The van der Waals surface area contributed by atoms with Gasteiger partial charge in [-0.2, -0.15) is 0 Å². The van der Waals surface area contributed by atoms with E-state index in [1.165, 1.54) is 10.7 Å². The maximum atomic E-state index is 11.1. The van der Waals surface area contributed by atoms with Gasteiger partial charge in [-0.3, -0.25) is 0 Å². The summed E-state index contributed by atoms with van der Waals surface area (Å²) in [4.78, 5) is 11.1. The van der Waals surface area contributed by atoms with E-state index in [4.69, 9.17) is 0 Å². The van der Waals surface area contributed by atoms with Crippen molar-refractivity contribution in [3.05, 3.63) is 33.4 Å². The van der Waals surface area contributed by atoms with E-state index in [2.05, 4.69) is 33.1 Å². The summed E-state index contributed by atoms with van der Waals surface area (Å²) in [5.74, 6) is -0.261. The smallest absolute Gasteiger partial charge is 0.364 e. The van der Waals surface area contributed by atoms with Crippen LogP contribution in [0.1, 0.15) is 5.56 Å². The van der Waals surface area contributed by atoms with Gasteiger partial charge in [-0.1, -0.05) is 12.1 Å². The summed E-state index contributed by atoms with van der Waals surface area (Å²) in [6.45, 7) is 0. The van der Waals surface area contributed by atoms with E-state index in [0.717, 1.165) is 5.56 Å². The summed E-state index contributed by atoms with van der Waals surface area (Å²) < 4.78 is 5.79. The Morgan fingerprint density at radius 1 is 1.47 bits per heavy atom. The number of esters is 1. The van der Waals surface area contributed by atoms with Gasteiger partial charge in [-0.15, -0.1) is 0 Å². The van der Waals surface area contributed by atoms with Gasteiger partial charge in [0.05, 0.1) is 7.11 Å². The Labute approximate surface area is 109 Å². The molecule has 0 unspecified atom stereocenters. The van der Waals surface area contributed by atoms with Gasteiger partial charge in [0.25, 0.3) is 0 Å². The van der Waals surface area contributed by atoms with E-state index >= 15 is 0 Å². The van der Waals surface area contributed by atoms with Gasteiger partial charge in [0.2, 0.25) is 0 Å². The zero-order valence-electron chi connectivity index (χ0n) is 8.37. The minimum absolute atomic E-state index is 0. The molecule has 0 amide bonds. The molecule has 0 fully saturated rings. The molecule has 15 heavy (non-hydrogen) atoms. The van der Waals surface area contributed by atoms with Crippen LogP contribution < -0.4 is 18.1 Å². The molecule has 0 aliphatic carbocycles. The first-order valence-electron chi connectivity index (χ1n) is 4.29. The van der Waals surface area contributed by atoms with Crippen molar-refractivity contribution in [3.63, 3.8) is 0 Å². The van der Waals surface area contributed by atoms with Crippen molar-refractivity contribution in [1.29, 1.82) is 0 Å². The summed E-state index contributed by atoms with van der Waals surface area (Å²) >= 11 is 2.24. The molecule has 1 aromatic rings. The number of carbonyl (C=O) groups is 1. The molecule has 0 aliphatic rings. The van der Waals surface area contributed by atoms with Crippen molar-refractivity contribution in [1.82, 2.24) is 0 Å². The first kappa shape index (κ1) is 14.7. The van der Waals surface area contributed by atoms with Crippen molar-refractivity contribution in [2.75, 3.05) is 7.11 Å². The van der Waals surface area contributed by atoms with Gasteiger partial charge in [0.15, 0.2) is 6.04 Å². The van der Waals surface area contributed by atoms with E-state index in [0.29, 0.717) is 6.42 Å². The lowest BCUT2D eigenvalue weighted by molar-refractivity contribution is -0.407. The fraction of sp³-hybridized carbons (Fsp3) is 0.300. The Kier molecular flexibility index (Phi) is 6.87. The third-order valence-electron chi connectivity index (χ3n) is 1.93. The lowest BCUT2D eigenvalue weighted by Crippen LogP contribution is -3.00. The Balaban J connectivity index is 0.00000196. The Morgan fingerprint density at radius 3 is 2.47 bits per heavy atom. The van der Waals surface area contributed by atoms with Crippen LogP contribution in [0.5, 0.6) is 0 Å². The first-order chi connectivity index (χ1) is 6.63. The van der Waals surface area contributed by atoms with Gasteiger partial charge in [-0.05, 0) is 40.3 Å². The first-order valence-corrected chi connectivity index (χ1v) is 5.36. The van der Waals surface area contributed by atoms with Crippen molar-refractivity contribution in [2.24, 2.45) is 0 Å². The molecule has 0 bridgehead atoms. The number of hydrogen-bond acceptors (Lipinski definition) is 2. The average molecular weight is 342 g/mol. The van der Waals surface area contributed by atoms with Crippen LogP contribution in [0.3, 0.4) is 0 Å². The van der Waals surface area contributed by atoms with Crippen molar-refractivity contribution >= 4 is 28.6 Å². The summed E-state index contributed by atoms with van der Waals surface area (Å²) in [6, 6.07) is 7.71. The molecule has 1 atom stereocenters. The van der Waals surface area contributed by atoms with Crippen LogP contribution in [0.15, 0.2) is 24.3 Å². The zero-order chi connectivity index (χ0) is 10.6. The summed E-state index contributed by atoms with van der Waals surface area (Å²) in [5, 5.41) is 0.